The largest absolute Gasteiger partial charge is 0.497 e. The molecule has 144 valence electrons. The lowest BCUT2D eigenvalue weighted by molar-refractivity contribution is 0.181. The minimum atomic E-state index is -3.46. The molecule has 2 aliphatic heterocycles. The van der Waals surface area contributed by atoms with Gasteiger partial charge in [-0.05, 0) is 41.5 Å². The molecule has 4 rings (SSSR count). The lowest BCUT2D eigenvalue weighted by Crippen LogP contribution is -2.48. The van der Waals surface area contributed by atoms with Crippen molar-refractivity contribution in [3.63, 3.8) is 0 Å². The number of fused-ring (bicyclic) bond motifs is 1. The fourth-order valence-electron chi connectivity index (χ4n) is 3.62. The molecule has 6 nitrogen and oxygen atoms in total. The van der Waals surface area contributed by atoms with E-state index in [0.717, 1.165) is 38.4 Å². The normalized spacial score (nSPS) is 18.1. The summed E-state index contributed by atoms with van der Waals surface area (Å²) < 4.78 is 37.9. The molecule has 2 heterocycles. The van der Waals surface area contributed by atoms with Crippen LogP contribution in [0.25, 0.3) is 0 Å². The van der Waals surface area contributed by atoms with E-state index in [4.69, 9.17) is 9.47 Å². The molecular weight excluding hydrogens is 364 g/mol. The maximum atomic E-state index is 12.8. The first-order chi connectivity index (χ1) is 13.1. The van der Waals surface area contributed by atoms with Crippen molar-refractivity contribution < 1.29 is 17.9 Å². The smallest absolute Gasteiger partial charge is 0.243 e. The van der Waals surface area contributed by atoms with E-state index in [1.165, 1.54) is 11.1 Å². The van der Waals surface area contributed by atoms with Gasteiger partial charge in [0.25, 0.3) is 0 Å². The molecule has 2 aromatic rings. The van der Waals surface area contributed by atoms with Crippen molar-refractivity contribution in [2.45, 2.75) is 17.9 Å². The Morgan fingerprint density at radius 3 is 2.48 bits per heavy atom. The van der Waals surface area contributed by atoms with Crippen molar-refractivity contribution in [1.82, 2.24) is 9.21 Å². The van der Waals surface area contributed by atoms with E-state index >= 15 is 0 Å². The van der Waals surface area contributed by atoms with Crippen LogP contribution in [0.15, 0.2) is 47.4 Å². The molecule has 27 heavy (non-hydrogen) atoms. The molecule has 0 unspecified atom stereocenters. The average molecular weight is 388 g/mol. The molecule has 0 aliphatic carbocycles. The fourth-order valence-corrected chi connectivity index (χ4v) is 5.04. The van der Waals surface area contributed by atoms with E-state index in [2.05, 4.69) is 17.0 Å². The molecule has 0 saturated carbocycles. The number of ether oxygens (including phenoxy) is 2. The Morgan fingerprint density at radius 1 is 1.04 bits per heavy atom. The zero-order valence-corrected chi connectivity index (χ0v) is 16.2. The molecule has 1 fully saturated rings. The van der Waals surface area contributed by atoms with Crippen LogP contribution in [0.4, 0.5) is 0 Å². The number of benzene rings is 2. The van der Waals surface area contributed by atoms with Gasteiger partial charge in [0.05, 0.1) is 18.6 Å². The Morgan fingerprint density at radius 2 is 1.78 bits per heavy atom. The number of nitrogens with zero attached hydrogens (tertiary/aromatic N) is 2. The Balaban J connectivity index is 1.38. The Kier molecular flexibility index (Phi) is 5.08. The van der Waals surface area contributed by atoms with Crippen LogP contribution in [0.2, 0.25) is 0 Å². The topological polar surface area (TPSA) is 59.1 Å². The van der Waals surface area contributed by atoms with Gasteiger partial charge in [0.1, 0.15) is 11.5 Å². The van der Waals surface area contributed by atoms with E-state index in [1.54, 1.807) is 35.7 Å². The van der Waals surface area contributed by atoms with Crippen molar-refractivity contribution in [3.8, 4) is 11.5 Å². The maximum Gasteiger partial charge on any atom is 0.243 e. The number of hydrogen-bond donors (Lipinski definition) is 0. The summed E-state index contributed by atoms with van der Waals surface area (Å²) in [6.07, 6.45) is 0.969. The molecule has 0 amide bonds. The summed E-state index contributed by atoms with van der Waals surface area (Å²) in [5, 5.41) is 0. The summed E-state index contributed by atoms with van der Waals surface area (Å²) in [4.78, 5) is 2.62. The number of methoxy groups -OCH3 is 1. The molecule has 0 N–H and O–H groups in total. The van der Waals surface area contributed by atoms with E-state index in [9.17, 15) is 8.42 Å². The summed E-state index contributed by atoms with van der Waals surface area (Å²) in [5.74, 6) is 1.65. The second-order valence-electron chi connectivity index (χ2n) is 6.90. The quantitative estimate of drug-likeness (QED) is 0.785. The van der Waals surface area contributed by atoms with E-state index in [1.807, 2.05) is 6.07 Å². The molecule has 1 saturated heterocycles. The first-order valence-electron chi connectivity index (χ1n) is 9.17. The third kappa shape index (κ3) is 3.81. The van der Waals surface area contributed by atoms with Crippen molar-refractivity contribution in [1.29, 1.82) is 0 Å². The van der Waals surface area contributed by atoms with Crippen LogP contribution >= 0.6 is 0 Å². The molecular formula is C20H24N2O4S. The van der Waals surface area contributed by atoms with Crippen molar-refractivity contribution >= 4 is 10.0 Å². The third-order valence-corrected chi connectivity index (χ3v) is 7.10. The van der Waals surface area contributed by atoms with Gasteiger partial charge in [-0.2, -0.15) is 4.31 Å². The van der Waals surface area contributed by atoms with Crippen LogP contribution in [0.5, 0.6) is 11.5 Å². The van der Waals surface area contributed by atoms with Gasteiger partial charge in [-0.1, -0.05) is 12.1 Å². The van der Waals surface area contributed by atoms with Gasteiger partial charge in [-0.3, -0.25) is 4.90 Å². The second kappa shape index (κ2) is 7.50. The highest BCUT2D eigenvalue weighted by Gasteiger charge is 2.28. The van der Waals surface area contributed by atoms with Gasteiger partial charge in [-0.25, -0.2) is 8.42 Å². The average Bonchev–Trinajstić information content (AvgIpc) is 3.16. The van der Waals surface area contributed by atoms with Crippen molar-refractivity contribution in [2.75, 3.05) is 39.9 Å². The molecule has 0 atom stereocenters. The SMILES string of the molecule is COc1ccc(S(=O)(=O)N2CCN(Cc3ccc4c(c3)CCO4)CC2)cc1. The fraction of sp³-hybridized carbons (Fsp3) is 0.400. The highest BCUT2D eigenvalue weighted by atomic mass is 32.2. The molecule has 0 aromatic heterocycles. The molecule has 0 bridgehead atoms. The van der Waals surface area contributed by atoms with Crippen molar-refractivity contribution in [2.24, 2.45) is 0 Å². The van der Waals surface area contributed by atoms with Crippen LogP contribution in [0.3, 0.4) is 0 Å². The summed E-state index contributed by atoms with van der Waals surface area (Å²) in [7, 11) is -1.89. The van der Waals surface area contributed by atoms with Crippen molar-refractivity contribution in [3.05, 3.63) is 53.6 Å². The van der Waals surface area contributed by atoms with Crippen LogP contribution in [0, 0.1) is 0 Å². The predicted octanol–water partition coefficient (Wildman–Crippen LogP) is 2.14. The van der Waals surface area contributed by atoms with Gasteiger partial charge in [-0.15, -0.1) is 0 Å². The minimum Gasteiger partial charge on any atom is -0.497 e. The van der Waals surface area contributed by atoms with Gasteiger partial charge in [0.15, 0.2) is 0 Å². The van der Waals surface area contributed by atoms with Gasteiger partial charge in [0, 0.05) is 39.1 Å². The second-order valence-corrected chi connectivity index (χ2v) is 8.83. The lowest BCUT2D eigenvalue weighted by Gasteiger charge is -2.34. The van der Waals surface area contributed by atoms with Crippen LogP contribution in [-0.2, 0) is 23.0 Å². The highest BCUT2D eigenvalue weighted by molar-refractivity contribution is 7.89. The standard InChI is InChI=1S/C20H24N2O4S/c1-25-18-3-5-19(6-4-18)27(23,24)22-11-9-21(10-12-22)15-16-2-7-20-17(14-16)8-13-26-20/h2-7,14H,8-13,15H2,1H3. The molecule has 2 aromatic carbocycles. The van der Waals surface area contributed by atoms with Crippen LogP contribution in [-0.4, -0.2) is 57.5 Å². The number of piperazine rings is 1. The predicted molar refractivity (Wildman–Crippen MR) is 103 cm³/mol. The Bertz CT molecular complexity index is 904. The summed E-state index contributed by atoms with van der Waals surface area (Å²) >= 11 is 0. The maximum absolute atomic E-state index is 12.8. The highest BCUT2D eigenvalue weighted by Crippen LogP contribution is 2.27. The number of sulfonamides is 1. The van der Waals surface area contributed by atoms with Gasteiger partial charge < -0.3 is 9.47 Å². The lowest BCUT2D eigenvalue weighted by atomic mass is 10.1. The Hall–Kier alpha value is -2.09. The summed E-state index contributed by atoms with van der Waals surface area (Å²) in [6.45, 7) is 4.06. The zero-order chi connectivity index (χ0) is 18.9. The van der Waals surface area contributed by atoms with Crippen LogP contribution in [0.1, 0.15) is 11.1 Å². The summed E-state index contributed by atoms with van der Waals surface area (Å²) in [6, 6.07) is 12.9. The first-order valence-corrected chi connectivity index (χ1v) is 10.6. The molecule has 0 radical (unpaired) electrons. The van der Waals surface area contributed by atoms with E-state index < -0.39 is 10.0 Å². The van der Waals surface area contributed by atoms with E-state index in [0.29, 0.717) is 23.7 Å². The minimum absolute atomic E-state index is 0.315. The molecule has 0 spiro atoms. The number of hydrogen-bond acceptors (Lipinski definition) is 5. The summed E-state index contributed by atoms with van der Waals surface area (Å²) in [5.41, 5.74) is 2.53. The Labute approximate surface area is 160 Å². The zero-order valence-electron chi connectivity index (χ0n) is 15.4. The monoisotopic (exact) mass is 388 g/mol. The third-order valence-electron chi connectivity index (χ3n) is 5.19. The number of rotatable bonds is 5. The molecule has 2 aliphatic rings. The first kappa shape index (κ1) is 18.3. The molecule has 7 heteroatoms. The van der Waals surface area contributed by atoms with Gasteiger partial charge in [0.2, 0.25) is 10.0 Å². The van der Waals surface area contributed by atoms with Crippen LogP contribution < -0.4 is 9.47 Å². The van der Waals surface area contributed by atoms with Gasteiger partial charge >= 0.3 is 0 Å². The van der Waals surface area contributed by atoms with E-state index in [-0.39, 0.29) is 0 Å².